The van der Waals surface area contributed by atoms with Crippen LogP contribution in [0.25, 0.3) is 0 Å². The summed E-state index contributed by atoms with van der Waals surface area (Å²) in [5.41, 5.74) is 1.06. The molecule has 0 unspecified atom stereocenters. The van der Waals surface area contributed by atoms with Crippen LogP contribution in [0, 0.1) is 0 Å². The molecule has 0 aliphatic carbocycles. The zero-order valence-corrected chi connectivity index (χ0v) is 10.6. The Labute approximate surface area is 105 Å². The Balaban J connectivity index is 2.29. The molecule has 0 spiro atoms. The number of piperazine rings is 1. The van der Waals surface area contributed by atoms with E-state index in [1.54, 1.807) is 7.11 Å². The molecule has 1 aromatic carbocycles. The van der Waals surface area contributed by atoms with E-state index in [1.807, 2.05) is 12.1 Å². The highest BCUT2D eigenvalue weighted by molar-refractivity contribution is 6.43. The third kappa shape index (κ3) is 2.37. The van der Waals surface area contributed by atoms with Crippen LogP contribution in [0.3, 0.4) is 0 Å². The van der Waals surface area contributed by atoms with Crippen LogP contribution >= 0.6 is 23.2 Å². The van der Waals surface area contributed by atoms with Gasteiger partial charge in [0.15, 0.2) is 0 Å². The van der Waals surface area contributed by atoms with Gasteiger partial charge in [-0.25, -0.2) is 0 Å². The molecule has 0 aromatic heterocycles. The van der Waals surface area contributed by atoms with Crippen LogP contribution < -0.4 is 15.0 Å². The number of hydrogen-bond donors (Lipinski definition) is 1. The van der Waals surface area contributed by atoms with Gasteiger partial charge in [-0.3, -0.25) is 0 Å². The average Bonchev–Trinajstić information content (AvgIpc) is 2.33. The summed E-state index contributed by atoms with van der Waals surface area (Å²) in [6.45, 7) is 3.92. The quantitative estimate of drug-likeness (QED) is 0.884. The fourth-order valence-corrected chi connectivity index (χ4v) is 2.20. The van der Waals surface area contributed by atoms with Crippen molar-refractivity contribution < 1.29 is 4.74 Å². The van der Waals surface area contributed by atoms with E-state index < -0.39 is 0 Å². The number of ether oxygens (including phenoxy) is 1. The van der Waals surface area contributed by atoms with Gasteiger partial charge in [-0.1, -0.05) is 23.2 Å². The van der Waals surface area contributed by atoms with Crippen molar-refractivity contribution in [2.45, 2.75) is 0 Å². The standard InChI is InChI=1S/C11H14Cl2N2O/c1-16-10-7-8(6-9(12)11(10)13)15-4-2-14-3-5-15/h6-7,14H,2-5H2,1H3. The normalized spacial score (nSPS) is 16.3. The highest BCUT2D eigenvalue weighted by Gasteiger charge is 2.14. The highest BCUT2D eigenvalue weighted by atomic mass is 35.5. The molecule has 1 saturated heterocycles. The summed E-state index contributed by atoms with van der Waals surface area (Å²) >= 11 is 12.1. The van der Waals surface area contributed by atoms with Gasteiger partial charge >= 0.3 is 0 Å². The number of hydrogen-bond acceptors (Lipinski definition) is 3. The molecular weight excluding hydrogens is 247 g/mol. The Morgan fingerprint density at radius 1 is 1.25 bits per heavy atom. The smallest absolute Gasteiger partial charge is 0.141 e. The van der Waals surface area contributed by atoms with E-state index >= 15 is 0 Å². The van der Waals surface area contributed by atoms with E-state index in [0.717, 1.165) is 31.9 Å². The summed E-state index contributed by atoms with van der Waals surface area (Å²) in [6.07, 6.45) is 0. The number of rotatable bonds is 2. The molecule has 1 fully saturated rings. The van der Waals surface area contributed by atoms with Gasteiger partial charge in [0.05, 0.1) is 12.1 Å². The lowest BCUT2D eigenvalue weighted by molar-refractivity contribution is 0.415. The van der Waals surface area contributed by atoms with Gasteiger partial charge in [0, 0.05) is 37.9 Å². The van der Waals surface area contributed by atoms with Gasteiger partial charge in [0.2, 0.25) is 0 Å². The van der Waals surface area contributed by atoms with Gasteiger partial charge in [0.25, 0.3) is 0 Å². The van der Waals surface area contributed by atoms with Crippen molar-refractivity contribution in [2.75, 3.05) is 38.2 Å². The maximum absolute atomic E-state index is 6.06. The minimum Gasteiger partial charge on any atom is -0.495 e. The van der Waals surface area contributed by atoms with Crippen LogP contribution in [0.15, 0.2) is 12.1 Å². The predicted octanol–water partition coefficient (Wildman–Crippen LogP) is 2.41. The maximum Gasteiger partial charge on any atom is 0.141 e. The molecule has 0 bridgehead atoms. The second-order valence-electron chi connectivity index (χ2n) is 3.68. The first-order valence-electron chi connectivity index (χ1n) is 5.21. The zero-order chi connectivity index (χ0) is 11.5. The van der Waals surface area contributed by atoms with Gasteiger partial charge < -0.3 is 15.0 Å². The van der Waals surface area contributed by atoms with Gasteiger partial charge in [-0.15, -0.1) is 0 Å². The third-order valence-electron chi connectivity index (χ3n) is 2.68. The first-order valence-corrected chi connectivity index (χ1v) is 5.96. The van der Waals surface area contributed by atoms with Gasteiger partial charge in [0.1, 0.15) is 10.8 Å². The second kappa shape index (κ2) is 5.13. The molecule has 2 rings (SSSR count). The number of methoxy groups -OCH3 is 1. The minimum absolute atomic E-state index is 0.475. The molecule has 1 heterocycles. The number of nitrogens with zero attached hydrogens (tertiary/aromatic N) is 1. The molecule has 16 heavy (non-hydrogen) atoms. The molecular formula is C11H14Cl2N2O. The zero-order valence-electron chi connectivity index (χ0n) is 9.09. The van der Waals surface area contributed by atoms with Crippen molar-refractivity contribution in [2.24, 2.45) is 0 Å². The van der Waals surface area contributed by atoms with E-state index in [2.05, 4.69) is 10.2 Å². The van der Waals surface area contributed by atoms with Crippen LogP contribution in [-0.4, -0.2) is 33.3 Å². The molecule has 1 N–H and O–H groups in total. The Bertz CT molecular complexity index is 378. The second-order valence-corrected chi connectivity index (χ2v) is 4.47. The predicted molar refractivity (Wildman–Crippen MR) is 68.1 cm³/mol. The SMILES string of the molecule is COc1cc(N2CCNCC2)cc(Cl)c1Cl. The van der Waals surface area contributed by atoms with Crippen molar-refractivity contribution in [3.8, 4) is 5.75 Å². The molecule has 1 aromatic rings. The molecule has 3 nitrogen and oxygen atoms in total. The monoisotopic (exact) mass is 260 g/mol. The summed E-state index contributed by atoms with van der Waals surface area (Å²) in [7, 11) is 1.60. The topological polar surface area (TPSA) is 24.5 Å². The summed E-state index contributed by atoms with van der Waals surface area (Å²) < 4.78 is 5.20. The summed E-state index contributed by atoms with van der Waals surface area (Å²) in [6, 6.07) is 3.82. The van der Waals surface area contributed by atoms with Gasteiger partial charge in [-0.05, 0) is 6.07 Å². The fraction of sp³-hybridized carbons (Fsp3) is 0.455. The molecule has 88 valence electrons. The van der Waals surface area contributed by atoms with Crippen LogP contribution in [0.1, 0.15) is 0 Å². The number of halogens is 2. The van der Waals surface area contributed by atoms with Crippen molar-refractivity contribution in [3.63, 3.8) is 0 Å². The summed E-state index contributed by atoms with van der Waals surface area (Å²) in [5, 5.41) is 4.32. The van der Waals surface area contributed by atoms with Crippen molar-refractivity contribution in [1.29, 1.82) is 0 Å². The largest absolute Gasteiger partial charge is 0.495 e. The maximum atomic E-state index is 6.06. The van der Waals surface area contributed by atoms with Gasteiger partial charge in [-0.2, -0.15) is 0 Å². The van der Waals surface area contributed by atoms with Crippen molar-refractivity contribution in [1.82, 2.24) is 5.32 Å². The molecule has 0 amide bonds. The Kier molecular flexibility index (Phi) is 3.79. The Morgan fingerprint density at radius 2 is 1.94 bits per heavy atom. The minimum atomic E-state index is 0.475. The molecule has 5 heteroatoms. The molecule has 1 aliphatic heterocycles. The lowest BCUT2D eigenvalue weighted by Gasteiger charge is -2.30. The first-order chi connectivity index (χ1) is 7.72. The average molecular weight is 261 g/mol. The summed E-state index contributed by atoms with van der Waals surface area (Å²) in [4.78, 5) is 2.27. The van der Waals surface area contributed by atoms with Crippen molar-refractivity contribution in [3.05, 3.63) is 22.2 Å². The highest BCUT2D eigenvalue weighted by Crippen LogP contribution is 2.36. The van der Waals surface area contributed by atoms with Crippen LogP contribution in [0.2, 0.25) is 10.0 Å². The van der Waals surface area contributed by atoms with E-state index in [1.165, 1.54) is 0 Å². The molecule has 1 aliphatic rings. The fourth-order valence-electron chi connectivity index (χ4n) is 1.80. The summed E-state index contributed by atoms with van der Waals surface area (Å²) in [5.74, 6) is 0.627. The van der Waals surface area contributed by atoms with E-state index in [4.69, 9.17) is 27.9 Å². The number of benzene rings is 1. The Morgan fingerprint density at radius 3 is 2.56 bits per heavy atom. The van der Waals surface area contributed by atoms with Crippen LogP contribution in [0.5, 0.6) is 5.75 Å². The third-order valence-corrected chi connectivity index (χ3v) is 3.47. The van der Waals surface area contributed by atoms with Crippen molar-refractivity contribution >= 4 is 28.9 Å². The lowest BCUT2D eigenvalue weighted by Crippen LogP contribution is -2.43. The van der Waals surface area contributed by atoms with E-state index in [9.17, 15) is 0 Å². The number of anilines is 1. The molecule has 0 atom stereocenters. The van der Waals surface area contributed by atoms with E-state index in [-0.39, 0.29) is 0 Å². The van der Waals surface area contributed by atoms with Crippen LogP contribution in [-0.2, 0) is 0 Å². The van der Waals surface area contributed by atoms with Crippen LogP contribution in [0.4, 0.5) is 5.69 Å². The number of nitrogens with one attached hydrogen (secondary N) is 1. The molecule has 0 radical (unpaired) electrons. The lowest BCUT2D eigenvalue weighted by atomic mass is 10.2. The molecule has 0 saturated carbocycles. The van der Waals surface area contributed by atoms with E-state index in [0.29, 0.717) is 15.8 Å². The first kappa shape index (κ1) is 11.8. The Hall–Kier alpha value is -0.640.